The molecule has 21 heavy (non-hydrogen) atoms. The molecule has 4 heteroatoms. The van der Waals surface area contributed by atoms with E-state index in [1.54, 1.807) is 0 Å². The summed E-state index contributed by atoms with van der Waals surface area (Å²) < 4.78 is 11.2. The van der Waals surface area contributed by atoms with E-state index in [1.165, 1.54) is 5.56 Å². The molecule has 1 aliphatic rings. The third-order valence-electron chi connectivity index (χ3n) is 3.82. The molecule has 0 saturated carbocycles. The molecule has 1 aromatic carbocycles. The standard InChI is InChI=1S/C17H25NO3/c1-12(2)15-6-5-13(3)16(9-15)21-11-17(19)18-7-8-20-14(4)10-18/h5-6,9,12,14H,7-8,10-11H2,1-4H3. The lowest BCUT2D eigenvalue weighted by Gasteiger charge is -2.31. The van der Waals surface area contributed by atoms with Crippen molar-refractivity contribution < 1.29 is 14.3 Å². The molecule has 0 radical (unpaired) electrons. The predicted octanol–water partition coefficient (Wildman–Crippen LogP) is 2.74. The SMILES string of the molecule is Cc1ccc(C(C)C)cc1OCC(=O)N1CCOC(C)C1. The molecule has 2 rings (SSSR count). The second kappa shape index (κ2) is 6.94. The van der Waals surface area contributed by atoms with Gasteiger partial charge in [-0.2, -0.15) is 0 Å². The molecule has 0 spiro atoms. The molecule has 1 unspecified atom stereocenters. The molecule has 4 nitrogen and oxygen atoms in total. The average Bonchev–Trinajstić information content (AvgIpc) is 2.45. The van der Waals surface area contributed by atoms with Crippen molar-refractivity contribution in [2.24, 2.45) is 0 Å². The highest BCUT2D eigenvalue weighted by Gasteiger charge is 2.21. The first kappa shape index (κ1) is 15.8. The van der Waals surface area contributed by atoms with Crippen molar-refractivity contribution in [1.29, 1.82) is 0 Å². The molecular weight excluding hydrogens is 266 g/mol. The van der Waals surface area contributed by atoms with Crippen LogP contribution in [0.1, 0.15) is 37.8 Å². The summed E-state index contributed by atoms with van der Waals surface area (Å²) in [5.74, 6) is 1.28. The molecule has 0 aromatic heterocycles. The van der Waals surface area contributed by atoms with Crippen LogP contribution in [0.4, 0.5) is 0 Å². The molecule has 116 valence electrons. The summed E-state index contributed by atoms with van der Waals surface area (Å²) in [6.07, 6.45) is 0.105. The van der Waals surface area contributed by atoms with E-state index in [2.05, 4.69) is 19.9 Å². The molecular formula is C17H25NO3. The lowest BCUT2D eigenvalue weighted by molar-refractivity contribution is -0.140. The Bertz CT molecular complexity index is 499. The number of hydrogen-bond acceptors (Lipinski definition) is 3. The van der Waals surface area contributed by atoms with E-state index in [-0.39, 0.29) is 18.6 Å². The molecule has 1 heterocycles. The van der Waals surface area contributed by atoms with Gasteiger partial charge in [0.25, 0.3) is 5.91 Å². The second-order valence-electron chi connectivity index (χ2n) is 5.99. The summed E-state index contributed by atoms with van der Waals surface area (Å²) in [5.41, 5.74) is 2.28. The van der Waals surface area contributed by atoms with Crippen molar-refractivity contribution in [2.45, 2.75) is 39.7 Å². The van der Waals surface area contributed by atoms with Crippen molar-refractivity contribution in [2.75, 3.05) is 26.3 Å². The van der Waals surface area contributed by atoms with Crippen LogP contribution in [0.15, 0.2) is 18.2 Å². The smallest absolute Gasteiger partial charge is 0.260 e. The van der Waals surface area contributed by atoms with Crippen molar-refractivity contribution in [3.63, 3.8) is 0 Å². The number of carbonyl (C=O) groups is 1. The zero-order valence-electron chi connectivity index (χ0n) is 13.4. The molecule has 1 saturated heterocycles. The molecule has 1 atom stereocenters. The minimum atomic E-state index is 0.0273. The Morgan fingerprint density at radius 2 is 2.24 bits per heavy atom. The van der Waals surface area contributed by atoms with Crippen LogP contribution in [0.5, 0.6) is 5.75 Å². The number of nitrogens with zero attached hydrogens (tertiary/aromatic N) is 1. The van der Waals surface area contributed by atoms with E-state index in [0.717, 1.165) is 11.3 Å². The molecule has 0 bridgehead atoms. The topological polar surface area (TPSA) is 38.8 Å². The van der Waals surface area contributed by atoms with Gasteiger partial charge in [-0.25, -0.2) is 0 Å². The van der Waals surface area contributed by atoms with Crippen LogP contribution < -0.4 is 4.74 Å². The van der Waals surface area contributed by atoms with E-state index in [0.29, 0.717) is 25.6 Å². The van der Waals surface area contributed by atoms with Crippen LogP contribution in [-0.2, 0) is 9.53 Å². The molecule has 1 aliphatic heterocycles. The maximum absolute atomic E-state index is 12.2. The Labute approximate surface area is 127 Å². The Morgan fingerprint density at radius 1 is 1.48 bits per heavy atom. The summed E-state index contributed by atoms with van der Waals surface area (Å²) in [5, 5.41) is 0. The summed E-state index contributed by atoms with van der Waals surface area (Å²) in [6.45, 7) is 10.3. The van der Waals surface area contributed by atoms with Crippen molar-refractivity contribution in [1.82, 2.24) is 4.90 Å². The number of hydrogen-bond donors (Lipinski definition) is 0. The Morgan fingerprint density at radius 3 is 2.90 bits per heavy atom. The third kappa shape index (κ3) is 4.21. The molecule has 1 aromatic rings. The van der Waals surface area contributed by atoms with E-state index in [4.69, 9.17) is 9.47 Å². The monoisotopic (exact) mass is 291 g/mol. The van der Waals surface area contributed by atoms with Gasteiger partial charge in [0.2, 0.25) is 0 Å². The molecule has 0 aliphatic carbocycles. The number of rotatable bonds is 4. The highest BCUT2D eigenvalue weighted by molar-refractivity contribution is 5.78. The van der Waals surface area contributed by atoms with Crippen LogP contribution in [0.2, 0.25) is 0 Å². The van der Waals surface area contributed by atoms with Gasteiger partial charge in [-0.1, -0.05) is 26.0 Å². The van der Waals surface area contributed by atoms with Gasteiger partial charge in [-0.15, -0.1) is 0 Å². The van der Waals surface area contributed by atoms with Gasteiger partial charge < -0.3 is 14.4 Å². The van der Waals surface area contributed by atoms with E-state index >= 15 is 0 Å². The average molecular weight is 291 g/mol. The van der Waals surface area contributed by atoms with E-state index < -0.39 is 0 Å². The highest BCUT2D eigenvalue weighted by Crippen LogP contribution is 2.24. The van der Waals surface area contributed by atoms with Gasteiger partial charge >= 0.3 is 0 Å². The van der Waals surface area contributed by atoms with Gasteiger partial charge in [0, 0.05) is 13.1 Å². The fraction of sp³-hybridized carbons (Fsp3) is 0.588. The Kier molecular flexibility index (Phi) is 5.23. The van der Waals surface area contributed by atoms with Crippen LogP contribution >= 0.6 is 0 Å². The first-order chi connectivity index (χ1) is 9.97. The molecule has 1 amide bonds. The normalized spacial score (nSPS) is 18.9. The number of aryl methyl sites for hydroxylation is 1. The van der Waals surface area contributed by atoms with Crippen LogP contribution in [0.25, 0.3) is 0 Å². The zero-order valence-corrected chi connectivity index (χ0v) is 13.4. The quantitative estimate of drug-likeness (QED) is 0.856. The van der Waals surface area contributed by atoms with Gasteiger partial charge in [-0.3, -0.25) is 4.79 Å². The molecule has 1 fully saturated rings. The number of amides is 1. The summed E-state index contributed by atoms with van der Waals surface area (Å²) in [7, 11) is 0. The van der Waals surface area contributed by atoms with Gasteiger partial charge in [0.15, 0.2) is 6.61 Å². The lowest BCUT2D eigenvalue weighted by atomic mass is 10.0. The maximum Gasteiger partial charge on any atom is 0.260 e. The van der Waals surface area contributed by atoms with Gasteiger partial charge in [0.1, 0.15) is 5.75 Å². The van der Waals surface area contributed by atoms with Crippen molar-refractivity contribution in [3.8, 4) is 5.75 Å². The summed E-state index contributed by atoms with van der Waals surface area (Å²) in [4.78, 5) is 14.0. The van der Waals surface area contributed by atoms with E-state index in [1.807, 2.05) is 30.9 Å². The van der Waals surface area contributed by atoms with Crippen LogP contribution in [-0.4, -0.2) is 43.2 Å². The number of ether oxygens (including phenoxy) is 2. The van der Waals surface area contributed by atoms with Gasteiger partial charge in [-0.05, 0) is 37.0 Å². The molecule has 0 N–H and O–H groups in total. The second-order valence-corrected chi connectivity index (χ2v) is 5.99. The van der Waals surface area contributed by atoms with Crippen molar-refractivity contribution >= 4 is 5.91 Å². The summed E-state index contributed by atoms with van der Waals surface area (Å²) >= 11 is 0. The minimum absolute atomic E-state index is 0.0273. The maximum atomic E-state index is 12.2. The predicted molar refractivity (Wildman–Crippen MR) is 82.8 cm³/mol. The fourth-order valence-corrected chi connectivity index (χ4v) is 2.41. The highest BCUT2D eigenvalue weighted by atomic mass is 16.5. The zero-order chi connectivity index (χ0) is 15.4. The van der Waals surface area contributed by atoms with Crippen molar-refractivity contribution in [3.05, 3.63) is 29.3 Å². The minimum Gasteiger partial charge on any atom is -0.483 e. The Balaban J connectivity index is 1.96. The number of carbonyl (C=O) groups excluding carboxylic acids is 1. The Hall–Kier alpha value is -1.55. The number of benzene rings is 1. The van der Waals surface area contributed by atoms with Crippen LogP contribution in [0, 0.1) is 6.92 Å². The first-order valence-electron chi connectivity index (χ1n) is 7.60. The van der Waals surface area contributed by atoms with Crippen LogP contribution in [0.3, 0.4) is 0 Å². The summed E-state index contributed by atoms with van der Waals surface area (Å²) in [6, 6.07) is 6.19. The van der Waals surface area contributed by atoms with Gasteiger partial charge in [0.05, 0.1) is 12.7 Å². The number of morpholine rings is 1. The third-order valence-corrected chi connectivity index (χ3v) is 3.82. The lowest BCUT2D eigenvalue weighted by Crippen LogP contribution is -2.46. The first-order valence-corrected chi connectivity index (χ1v) is 7.60. The largest absolute Gasteiger partial charge is 0.483 e. The fourth-order valence-electron chi connectivity index (χ4n) is 2.41. The van der Waals surface area contributed by atoms with E-state index in [9.17, 15) is 4.79 Å².